The highest BCUT2D eigenvalue weighted by Gasteiger charge is 2.27. The molecular formula is C23H23BrFN5O4. The zero-order valence-corrected chi connectivity index (χ0v) is 19.9. The van der Waals surface area contributed by atoms with Gasteiger partial charge in [-0.05, 0) is 65.9 Å². The van der Waals surface area contributed by atoms with Crippen molar-refractivity contribution in [1.29, 1.82) is 0 Å². The average molecular weight is 532 g/mol. The van der Waals surface area contributed by atoms with Gasteiger partial charge in [-0.25, -0.2) is 14.2 Å². The second-order valence-electron chi connectivity index (χ2n) is 8.04. The molecule has 0 spiro atoms. The van der Waals surface area contributed by atoms with Crippen LogP contribution in [0.2, 0.25) is 0 Å². The molecule has 1 fully saturated rings. The summed E-state index contributed by atoms with van der Waals surface area (Å²) in [4.78, 5) is 18.0. The number of nitrogens with zero attached hydrogens (tertiary/aromatic N) is 4. The van der Waals surface area contributed by atoms with Crippen molar-refractivity contribution in [3.63, 3.8) is 0 Å². The number of benzene rings is 1. The van der Waals surface area contributed by atoms with E-state index in [1.807, 2.05) is 6.07 Å². The van der Waals surface area contributed by atoms with Gasteiger partial charge in [-0.2, -0.15) is 9.61 Å². The zero-order valence-electron chi connectivity index (χ0n) is 18.3. The number of pyridine rings is 1. The summed E-state index contributed by atoms with van der Waals surface area (Å²) in [5.41, 5.74) is 10.4. The van der Waals surface area contributed by atoms with E-state index in [0.29, 0.717) is 23.5 Å². The smallest absolute Gasteiger partial charge is 0.450 e. The van der Waals surface area contributed by atoms with Crippen molar-refractivity contribution in [2.45, 2.75) is 37.7 Å². The SMILES string of the molecule is COC1CCC(c2nc3c(-c4cnc5ccc(F)cc5c4)cnn3c(N)c2Br)CC1.O=C(O)O. The highest BCUT2D eigenvalue weighted by atomic mass is 79.9. The summed E-state index contributed by atoms with van der Waals surface area (Å²) in [5.74, 6) is 0.543. The number of methoxy groups -OCH3 is 1. The molecule has 0 amide bonds. The second kappa shape index (κ2) is 9.90. The van der Waals surface area contributed by atoms with Crippen molar-refractivity contribution in [1.82, 2.24) is 19.6 Å². The number of carbonyl (C=O) groups is 1. The zero-order chi connectivity index (χ0) is 24.4. The molecule has 5 rings (SSSR count). The minimum Gasteiger partial charge on any atom is -0.450 e. The Balaban J connectivity index is 0.000000636. The van der Waals surface area contributed by atoms with E-state index >= 15 is 0 Å². The fourth-order valence-corrected chi connectivity index (χ4v) is 4.89. The minimum absolute atomic E-state index is 0.290. The van der Waals surface area contributed by atoms with Gasteiger partial charge in [0.15, 0.2) is 5.65 Å². The Morgan fingerprint density at radius 3 is 2.59 bits per heavy atom. The third-order valence-electron chi connectivity index (χ3n) is 6.00. The van der Waals surface area contributed by atoms with Gasteiger partial charge in [-0.3, -0.25) is 4.98 Å². The van der Waals surface area contributed by atoms with E-state index in [2.05, 4.69) is 26.0 Å². The average Bonchev–Trinajstić information content (AvgIpc) is 3.25. The van der Waals surface area contributed by atoms with Crippen LogP contribution in [0.1, 0.15) is 37.3 Å². The summed E-state index contributed by atoms with van der Waals surface area (Å²) in [7, 11) is 1.77. The normalized spacial score (nSPS) is 18.0. The first-order valence-electron chi connectivity index (χ1n) is 10.6. The molecule has 4 aromatic rings. The van der Waals surface area contributed by atoms with Gasteiger partial charge in [0.25, 0.3) is 0 Å². The maximum Gasteiger partial charge on any atom is 0.503 e. The first-order valence-corrected chi connectivity index (χ1v) is 11.4. The highest BCUT2D eigenvalue weighted by molar-refractivity contribution is 9.10. The van der Waals surface area contributed by atoms with Gasteiger partial charge >= 0.3 is 6.16 Å². The standard InChI is InChI=1S/C22H21BrFN5O.CH2O3/c1-30-16-5-2-12(3-6-16)20-19(23)21(25)29-22(28-20)17(11-27-29)14-8-13-9-15(24)4-7-18(13)26-10-14;2-1(3)4/h4,7-12,16H,2-3,5-6,25H2,1H3;(H2,2,3,4). The Labute approximate surface area is 202 Å². The second-order valence-corrected chi connectivity index (χ2v) is 8.84. The molecular weight excluding hydrogens is 509 g/mol. The maximum absolute atomic E-state index is 13.7. The summed E-state index contributed by atoms with van der Waals surface area (Å²) in [5, 5.41) is 19.1. The maximum atomic E-state index is 13.7. The lowest BCUT2D eigenvalue weighted by Crippen LogP contribution is -2.20. The molecule has 1 saturated carbocycles. The molecule has 34 heavy (non-hydrogen) atoms. The quantitative estimate of drug-likeness (QED) is 0.323. The van der Waals surface area contributed by atoms with Crippen molar-refractivity contribution < 1.29 is 24.1 Å². The Kier molecular flexibility index (Phi) is 6.94. The van der Waals surface area contributed by atoms with E-state index in [0.717, 1.165) is 57.9 Å². The molecule has 0 aliphatic heterocycles. The molecule has 4 N–H and O–H groups in total. The van der Waals surface area contributed by atoms with Gasteiger partial charge in [-0.15, -0.1) is 0 Å². The summed E-state index contributed by atoms with van der Waals surface area (Å²) in [6.45, 7) is 0. The van der Waals surface area contributed by atoms with E-state index in [4.69, 9.17) is 30.5 Å². The van der Waals surface area contributed by atoms with Gasteiger partial charge in [-0.1, -0.05) is 0 Å². The molecule has 1 aliphatic rings. The molecule has 0 saturated heterocycles. The number of aromatic nitrogens is 4. The number of nitrogens with two attached hydrogens (primary N) is 1. The van der Waals surface area contributed by atoms with Crippen LogP contribution in [0.3, 0.4) is 0 Å². The van der Waals surface area contributed by atoms with Crippen molar-refractivity contribution in [3.8, 4) is 11.1 Å². The fourth-order valence-electron chi connectivity index (χ4n) is 4.31. The predicted molar refractivity (Wildman–Crippen MR) is 128 cm³/mol. The molecule has 178 valence electrons. The number of rotatable bonds is 3. The Bertz CT molecular complexity index is 1350. The van der Waals surface area contributed by atoms with Crippen LogP contribution in [0.5, 0.6) is 0 Å². The largest absolute Gasteiger partial charge is 0.503 e. The number of hydrogen-bond acceptors (Lipinski definition) is 6. The number of anilines is 1. The summed E-state index contributed by atoms with van der Waals surface area (Å²) in [6, 6.07) is 6.47. The van der Waals surface area contributed by atoms with Gasteiger partial charge in [0.05, 0.1) is 28.0 Å². The molecule has 1 aromatic carbocycles. The van der Waals surface area contributed by atoms with Crippen molar-refractivity contribution in [2.24, 2.45) is 0 Å². The topological polar surface area (TPSA) is 136 Å². The van der Waals surface area contributed by atoms with E-state index in [-0.39, 0.29) is 5.82 Å². The van der Waals surface area contributed by atoms with Crippen molar-refractivity contribution in [3.05, 3.63) is 52.6 Å². The molecule has 0 unspecified atom stereocenters. The lowest BCUT2D eigenvalue weighted by Gasteiger charge is -2.28. The Hall–Kier alpha value is -3.31. The number of carboxylic acid groups (broad SMARTS) is 2. The van der Waals surface area contributed by atoms with Gasteiger partial charge in [0.2, 0.25) is 0 Å². The van der Waals surface area contributed by atoms with Crippen LogP contribution >= 0.6 is 15.9 Å². The van der Waals surface area contributed by atoms with Crippen molar-refractivity contribution in [2.75, 3.05) is 12.8 Å². The monoisotopic (exact) mass is 531 g/mol. The lowest BCUT2D eigenvalue weighted by molar-refractivity contribution is 0.0654. The lowest BCUT2D eigenvalue weighted by atomic mass is 9.85. The Morgan fingerprint density at radius 2 is 1.91 bits per heavy atom. The third kappa shape index (κ3) is 4.80. The molecule has 0 radical (unpaired) electrons. The number of hydrogen-bond donors (Lipinski definition) is 3. The fraction of sp³-hybridized carbons (Fsp3) is 0.304. The van der Waals surface area contributed by atoms with Gasteiger partial charge in [0, 0.05) is 35.7 Å². The van der Waals surface area contributed by atoms with Crippen LogP contribution in [0, 0.1) is 5.82 Å². The van der Waals surface area contributed by atoms with Crippen LogP contribution in [0.25, 0.3) is 27.7 Å². The summed E-state index contributed by atoms with van der Waals surface area (Å²) < 4.78 is 21.6. The van der Waals surface area contributed by atoms with Crippen molar-refractivity contribution >= 4 is 44.5 Å². The van der Waals surface area contributed by atoms with Crippen LogP contribution in [-0.2, 0) is 4.74 Å². The first-order chi connectivity index (χ1) is 16.3. The highest BCUT2D eigenvalue weighted by Crippen LogP contribution is 2.39. The van der Waals surface area contributed by atoms with Gasteiger partial charge < -0.3 is 20.7 Å². The molecule has 9 nitrogen and oxygen atoms in total. The number of fused-ring (bicyclic) bond motifs is 2. The van der Waals surface area contributed by atoms with E-state index < -0.39 is 6.16 Å². The van der Waals surface area contributed by atoms with E-state index in [1.54, 1.807) is 30.1 Å². The first kappa shape index (κ1) is 23.8. The van der Waals surface area contributed by atoms with Crippen LogP contribution in [0.15, 0.2) is 41.1 Å². The Morgan fingerprint density at radius 1 is 1.21 bits per heavy atom. The molecule has 0 bridgehead atoms. The van der Waals surface area contributed by atoms with E-state index in [1.165, 1.54) is 12.1 Å². The number of halogens is 2. The third-order valence-corrected chi connectivity index (χ3v) is 6.81. The molecule has 3 heterocycles. The summed E-state index contributed by atoms with van der Waals surface area (Å²) >= 11 is 3.64. The molecule has 0 atom stereocenters. The van der Waals surface area contributed by atoms with E-state index in [9.17, 15) is 4.39 Å². The predicted octanol–water partition coefficient (Wildman–Crippen LogP) is 5.32. The molecule has 3 aromatic heterocycles. The number of nitrogen functional groups attached to an aromatic ring is 1. The molecule has 11 heteroatoms. The van der Waals surface area contributed by atoms with Crippen LogP contribution < -0.4 is 5.73 Å². The number of ether oxygens (including phenoxy) is 1. The molecule has 1 aliphatic carbocycles. The van der Waals surface area contributed by atoms with Crippen LogP contribution in [0.4, 0.5) is 15.0 Å². The van der Waals surface area contributed by atoms with Crippen LogP contribution in [-0.4, -0.2) is 49.2 Å². The summed E-state index contributed by atoms with van der Waals surface area (Å²) in [6.07, 6.45) is 5.99. The minimum atomic E-state index is -1.83. The van der Waals surface area contributed by atoms with Gasteiger partial charge in [0.1, 0.15) is 11.6 Å².